The van der Waals surface area contributed by atoms with Crippen LogP contribution in [0.2, 0.25) is 0 Å². The van der Waals surface area contributed by atoms with Crippen LogP contribution in [-0.4, -0.2) is 28.1 Å². The molecule has 0 fully saturated rings. The second kappa shape index (κ2) is 6.24. The Labute approximate surface area is 128 Å². The average Bonchev–Trinajstić information content (AvgIpc) is 2.87. The minimum atomic E-state index is -0.662. The first-order chi connectivity index (χ1) is 9.89. The molecular formula is C15H19N3O2S. The zero-order valence-electron chi connectivity index (χ0n) is 12.3. The number of amides is 1. The van der Waals surface area contributed by atoms with Crippen molar-refractivity contribution < 1.29 is 9.90 Å². The smallest absolute Gasteiger partial charge is 0.271 e. The van der Waals surface area contributed by atoms with Crippen molar-refractivity contribution >= 4 is 28.1 Å². The third-order valence-electron chi connectivity index (χ3n) is 2.85. The fourth-order valence-electron chi connectivity index (χ4n) is 1.69. The van der Waals surface area contributed by atoms with Crippen LogP contribution in [0.15, 0.2) is 29.6 Å². The van der Waals surface area contributed by atoms with Gasteiger partial charge in [-0.1, -0.05) is 12.1 Å². The largest absolute Gasteiger partial charge is 0.394 e. The van der Waals surface area contributed by atoms with Gasteiger partial charge >= 0.3 is 0 Å². The van der Waals surface area contributed by atoms with Gasteiger partial charge in [-0.3, -0.25) is 4.79 Å². The Hall–Kier alpha value is -1.92. The summed E-state index contributed by atoms with van der Waals surface area (Å²) < 4.78 is 0. The molecule has 5 nitrogen and oxygen atoms in total. The van der Waals surface area contributed by atoms with E-state index in [1.807, 2.05) is 31.2 Å². The summed E-state index contributed by atoms with van der Waals surface area (Å²) in [4.78, 5) is 16.3. The predicted molar refractivity (Wildman–Crippen MR) is 85.2 cm³/mol. The number of hydrogen-bond acceptors (Lipinski definition) is 5. The van der Waals surface area contributed by atoms with E-state index in [1.165, 1.54) is 11.3 Å². The molecular weight excluding hydrogens is 286 g/mol. The number of anilines is 2. The highest BCUT2D eigenvalue weighted by Gasteiger charge is 2.21. The van der Waals surface area contributed by atoms with Gasteiger partial charge in [0.25, 0.3) is 5.91 Å². The molecule has 0 aliphatic rings. The SMILES string of the molecule is Cc1cccc(Nc2nc(C(=O)NC(C)(C)CO)cs2)c1. The van der Waals surface area contributed by atoms with E-state index in [1.54, 1.807) is 19.2 Å². The lowest BCUT2D eigenvalue weighted by molar-refractivity contribution is 0.0865. The lowest BCUT2D eigenvalue weighted by atomic mass is 10.1. The lowest BCUT2D eigenvalue weighted by Gasteiger charge is -2.22. The van der Waals surface area contributed by atoms with E-state index in [9.17, 15) is 9.90 Å². The highest BCUT2D eigenvalue weighted by molar-refractivity contribution is 7.14. The van der Waals surface area contributed by atoms with Crippen LogP contribution in [0.4, 0.5) is 10.8 Å². The minimum absolute atomic E-state index is 0.128. The number of benzene rings is 1. The van der Waals surface area contributed by atoms with Crippen LogP contribution in [-0.2, 0) is 0 Å². The Balaban J connectivity index is 2.06. The van der Waals surface area contributed by atoms with Crippen molar-refractivity contribution in [3.05, 3.63) is 40.9 Å². The molecule has 0 radical (unpaired) electrons. The molecule has 1 aromatic carbocycles. The van der Waals surface area contributed by atoms with Crippen molar-refractivity contribution in [2.24, 2.45) is 0 Å². The molecule has 2 rings (SSSR count). The molecule has 0 atom stereocenters. The number of nitrogens with one attached hydrogen (secondary N) is 2. The van der Waals surface area contributed by atoms with E-state index in [4.69, 9.17) is 0 Å². The molecule has 0 unspecified atom stereocenters. The monoisotopic (exact) mass is 305 g/mol. The van der Waals surface area contributed by atoms with Gasteiger partial charge in [0.2, 0.25) is 0 Å². The van der Waals surface area contributed by atoms with Crippen LogP contribution in [0.5, 0.6) is 0 Å². The molecule has 21 heavy (non-hydrogen) atoms. The second-order valence-corrected chi connectivity index (χ2v) is 6.39. The summed E-state index contributed by atoms with van der Waals surface area (Å²) in [7, 11) is 0. The van der Waals surface area contributed by atoms with Gasteiger partial charge in [-0.25, -0.2) is 4.98 Å². The van der Waals surface area contributed by atoms with Crippen molar-refractivity contribution in [3.8, 4) is 0 Å². The summed E-state index contributed by atoms with van der Waals surface area (Å²) in [6, 6.07) is 7.94. The van der Waals surface area contributed by atoms with Gasteiger partial charge in [0.1, 0.15) is 5.69 Å². The summed E-state index contributed by atoms with van der Waals surface area (Å²) in [5, 5.41) is 17.4. The molecule has 0 spiro atoms. The first-order valence-corrected chi connectivity index (χ1v) is 7.50. The molecule has 0 saturated heterocycles. The number of rotatable bonds is 5. The maximum Gasteiger partial charge on any atom is 0.271 e. The predicted octanol–water partition coefficient (Wildman–Crippen LogP) is 2.70. The molecule has 0 bridgehead atoms. The van der Waals surface area contributed by atoms with E-state index in [0.29, 0.717) is 10.8 Å². The fraction of sp³-hybridized carbons (Fsp3) is 0.333. The quantitative estimate of drug-likeness (QED) is 0.794. The molecule has 6 heteroatoms. The molecule has 0 aliphatic carbocycles. The highest BCUT2D eigenvalue weighted by Crippen LogP contribution is 2.21. The van der Waals surface area contributed by atoms with Gasteiger partial charge in [0, 0.05) is 11.1 Å². The number of aliphatic hydroxyl groups excluding tert-OH is 1. The van der Waals surface area contributed by atoms with Gasteiger partial charge < -0.3 is 15.7 Å². The number of aryl methyl sites for hydroxylation is 1. The van der Waals surface area contributed by atoms with Crippen molar-refractivity contribution in [3.63, 3.8) is 0 Å². The van der Waals surface area contributed by atoms with E-state index in [-0.39, 0.29) is 12.5 Å². The number of hydrogen-bond donors (Lipinski definition) is 3. The topological polar surface area (TPSA) is 74.2 Å². The highest BCUT2D eigenvalue weighted by atomic mass is 32.1. The summed E-state index contributed by atoms with van der Waals surface area (Å²) in [5.74, 6) is -0.289. The number of thiazole rings is 1. The average molecular weight is 305 g/mol. The Morgan fingerprint density at radius 3 is 2.86 bits per heavy atom. The number of carbonyl (C=O) groups is 1. The number of nitrogens with zero attached hydrogens (tertiary/aromatic N) is 1. The van der Waals surface area contributed by atoms with E-state index in [0.717, 1.165) is 11.3 Å². The minimum Gasteiger partial charge on any atom is -0.394 e. The first-order valence-electron chi connectivity index (χ1n) is 6.62. The van der Waals surface area contributed by atoms with E-state index < -0.39 is 5.54 Å². The van der Waals surface area contributed by atoms with Crippen molar-refractivity contribution in [2.75, 3.05) is 11.9 Å². The van der Waals surface area contributed by atoms with E-state index >= 15 is 0 Å². The van der Waals surface area contributed by atoms with Crippen LogP contribution in [0.3, 0.4) is 0 Å². The van der Waals surface area contributed by atoms with Gasteiger partial charge in [-0.2, -0.15) is 0 Å². The Morgan fingerprint density at radius 1 is 1.43 bits per heavy atom. The first kappa shape index (κ1) is 15.5. The maximum absolute atomic E-state index is 12.0. The lowest BCUT2D eigenvalue weighted by Crippen LogP contribution is -2.46. The second-order valence-electron chi connectivity index (χ2n) is 5.53. The summed E-state index contributed by atoms with van der Waals surface area (Å²) in [5.41, 5.74) is 1.77. The Morgan fingerprint density at radius 2 is 2.19 bits per heavy atom. The molecule has 112 valence electrons. The van der Waals surface area contributed by atoms with Gasteiger partial charge in [0.15, 0.2) is 5.13 Å². The summed E-state index contributed by atoms with van der Waals surface area (Å²) >= 11 is 1.37. The third kappa shape index (κ3) is 4.27. The summed E-state index contributed by atoms with van der Waals surface area (Å²) in [6.07, 6.45) is 0. The normalized spacial score (nSPS) is 11.2. The molecule has 0 aliphatic heterocycles. The maximum atomic E-state index is 12.0. The van der Waals surface area contributed by atoms with Crippen molar-refractivity contribution in [1.82, 2.24) is 10.3 Å². The number of aromatic nitrogens is 1. The Kier molecular flexibility index (Phi) is 4.59. The Bertz CT molecular complexity index is 637. The van der Waals surface area contributed by atoms with Crippen LogP contribution in [0, 0.1) is 6.92 Å². The zero-order valence-corrected chi connectivity index (χ0v) is 13.1. The molecule has 1 heterocycles. The fourth-order valence-corrected chi connectivity index (χ4v) is 2.40. The van der Waals surface area contributed by atoms with E-state index in [2.05, 4.69) is 15.6 Å². The molecule has 3 N–H and O–H groups in total. The number of carbonyl (C=O) groups excluding carboxylic acids is 1. The van der Waals surface area contributed by atoms with Gasteiger partial charge in [-0.05, 0) is 38.5 Å². The van der Waals surface area contributed by atoms with Crippen LogP contribution < -0.4 is 10.6 Å². The van der Waals surface area contributed by atoms with Crippen LogP contribution in [0.1, 0.15) is 29.9 Å². The van der Waals surface area contributed by atoms with Crippen LogP contribution in [0.25, 0.3) is 0 Å². The third-order valence-corrected chi connectivity index (χ3v) is 3.61. The molecule has 1 amide bonds. The molecule has 2 aromatic rings. The molecule has 1 aromatic heterocycles. The standard InChI is InChI=1S/C15H19N3O2S/c1-10-5-4-6-11(7-10)16-14-17-12(8-21-14)13(20)18-15(2,3)9-19/h4-8,19H,9H2,1-3H3,(H,16,17)(H,18,20). The summed E-state index contributed by atoms with van der Waals surface area (Å²) in [6.45, 7) is 5.40. The van der Waals surface area contributed by atoms with Crippen molar-refractivity contribution in [1.29, 1.82) is 0 Å². The van der Waals surface area contributed by atoms with Gasteiger partial charge in [-0.15, -0.1) is 11.3 Å². The molecule has 0 saturated carbocycles. The zero-order chi connectivity index (χ0) is 15.5. The van der Waals surface area contributed by atoms with Crippen molar-refractivity contribution in [2.45, 2.75) is 26.3 Å². The van der Waals surface area contributed by atoms with Crippen LogP contribution >= 0.6 is 11.3 Å². The number of aliphatic hydroxyl groups is 1. The van der Waals surface area contributed by atoms with Gasteiger partial charge in [0.05, 0.1) is 12.1 Å².